The Morgan fingerprint density at radius 3 is 2.87 bits per heavy atom. The summed E-state index contributed by atoms with van der Waals surface area (Å²) in [7, 11) is 0. The van der Waals surface area contributed by atoms with Crippen LogP contribution >= 0.6 is 0 Å². The number of rotatable bonds is 4. The van der Waals surface area contributed by atoms with Crippen molar-refractivity contribution in [3.05, 3.63) is 59.2 Å². The second-order valence-corrected chi connectivity index (χ2v) is 5.23. The minimum atomic E-state index is -0.318. The summed E-state index contributed by atoms with van der Waals surface area (Å²) in [6, 6.07) is 14.0. The molecule has 0 aromatic heterocycles. The third kappa shape index (κ3) is 3.22. The van der Waals surface area contributed by atoms with Crippen molar-refractivity contribution in [3.63, 3.8) is 0 Å². The van der Waals surface area contributed by atoms with E-state index in [1.807, 2.05) is 6.07 Å². The molecule has 1 N–H and O–H groups in total. The summed E-state index contributed by atoms with van der Waals surface area (Å²) in [6.45, 7) is -0.151. The fourth-order valence-electron chi connectivity index (χ4n) is 2.60. The van der Waals surface area contributed by atoms with Crippen LogP contribution in [-0.2, 0) is 11.2 Å². The van der Waals surface area contributed by atoms with Gasteiger partial charge in [0.05, 0.1) is 11.6 Å². The number of nitrogens with one attached hydrogen (secondary N) is 1. The predicted molar refractivity (Wildman–Crippen MR) is 84.4 cm³/mol. The molecule has 2 aromatic rings. The van der Waals surface area contributed by atoms with Crippen LogP contribution in [0.15, 0.2) is 42.5 Å². The summed E-state index contributed by atoms with van der Waals surface area (Å²) in [5, 5.41) is 11.5. The van der Waals surface area contributed by atoms with Crippen molar-refractivity contribution in [3.8, 4) is 11.8 Å². The molecular weight excluding hydrogens is 292 g/mol. The van der Waals surface area contributed by atoms with Crippen LogP contribution in [0.1, 0.15) is 27.9 Å². The van der Waals surface area contributed by atoms with Gasteiger partial charge >= 0.3 is 0 Å². The van der Waals surface area contributed by atoms with E-state index in [0.717, 1.165) is 5.56 Å². The van der Waals surface area contributed by atoms with E-state index < -0.39 is 0 Å². The second-order valence-electron chi connectivity index (χ2n) is 5.23. The van der Waals surface area contributed by atoms with Crippen molar-refractivity contribution in [1.82, 2.24) is 0 Å². The highest BCUT2D eigenvalue weighted by molar-refractivity contribution is 6.01. The first-order chi connectivity index (χ1) is 11.2. The second kappa shape index (κ2) is 6.32. The van der Waals surface area contributed by atoms with Gasteiger partial charge in [-0.25, -0.2) is 0 Å². The van der Waals surface area contributed by atoms with Crippen LogP contribution in [0.4, 0.5) is 5.69 Å². The first kappa shape index (κ1) is 14.8. The smallest absolute Gasteiger partial charge is 0.262 e. The molecule has 0 spiro atoms. The van der Waals surface area contributed by atoms with Gasteiger partial charge in [-0.2, -0.15) is 5.26 Å². The number of anilines is 1. The molecule has 5 nitrogen and oxygen atoms in total. The zero-order chi connectivity index (χ0) is 16.2. The molecule has 23 heavy (non-hydrogen) atoms. The number of benzene rings is 2. The Hall–Kier alpha value is -3.13. The molecule has 1 aliphatic carbocycles. The molecule has 0 atom stereocenters. The average molecular weight is 306 g/mol. The van der Waals surface area contributed by atoms with Crippen LogP contribution in [0.5, 0.6) is 5.75 Å². The van der Waals surface area contributed by atoms with Gasteiger partial charge in [-0.15, -0.1) is 0 Å². The zero-order valence-electron chi connectivity index (χ0n) is 12.3. The van der Waals surface area contributed by atoms with Crippen molar-refractivity contribution < 1.29 is 14.3 Å². The Morgan fingerprint density at radius 2 is 2.04 bits per heavy atom. The lowest BCUT2D eigenvalue weighted by atomic mass is 10.1. The molecule has 0 fully saturated rings. The Kier molecular flexibility index (Phi) is 4.07. The van der Waals surface area contributed by atoms with Crippen LogP contribution < -0.4 is 10.1 Å². The van der Waals surface area contributed by atoms with Gasteiger partial charge < -0.3 is 10.1 Å². The topological polar surface area (TPSA) is 79.2 Å². The van der Waals surface area contributed by atoms with Gasteiger partial charge in [-0.1, -0.05) is 18.2 Å². The van der Waals surface area contributed by atoms with Crippen molar-refractivity contribution in [2.75, 3.05) is 11.9 Å². The monoisotopic (exact) mass is 306 g/mol. The standard InChI is InChI=1S/C18H14N2O3/c19-10-12-3-1-4-13(9-12)20-18(22)11-23-17-6-2-5-14-15(17)7-8-16(14)21/h1-6,9H,7-8,11H2,(H,20,22). The maximum absolute atomic E-state index is 12.0. The number of carbonyl (C=O) groups excluding carboxylic acids is 2. The fraction of sp³-hybridized carbons (Fsp3) is 0.167. The maximum Gasteiger partial charge on any atom is 0.262 e. The van der Waals surface area contributed by atoms with Gasteiger partial charge in [0, 0.05) is 23.2 Å². The normalized spacial score (nSPS) is 12.4. The largest absolute Gasteiger partial charge is 0.483 e. The minimum Gasteiger partial charge on any atom is -0.483 e. The summed E-state index contributed by atoms with van der Waals surface area (Å²) in [6.07, 6.45) is 1.14. The van der Waals surface area contributed by atoms with Gasteiger partial charge in [0.25, 0.3) is 5.91 Å². The summed E-state index contributed by atoms with van der Waals surface area (Å²) in [5.41, 5.74) is 2.58. The van der Waals surface area contributed by atoms with Crippen LogP contribution in [-0.4, -0.2) is 18.3 Å². The number of nitrogens with zero attached hydrogens (tertiary/aromatic N) is 1. The van der Waals surface area contributed by atoms with E-state index in [9.17, 15) is 9.59 Å². The van der Waals surface area contributed by atoms with Gasteiger partial charge in [0.2, 0.25) is 0 Å². The summed E-state index contributed by atoms with van der Waals surface area (Å²) in [5.74, 6) is 0.375. The van der Waals surface area contributed by atoms with E-state index in [2.05, 4.69) is 5.32 Å². The number of hydrogen-bond donors (Lipinski definition) is 1. The number of fused-ring (bicyclic) bond motifs is 1. The molecule has 0 bridgehead atoms. The Balaban J connectivity index is 1.64. The number of nitriles is 1. The van der Waals surface area contributed by atoms with Crippen LogP contribution in [0, 0.1) is 11.3 Å². The minimum absolute atomic E-state index is 0.114. The molecule has 2 aromatic carbocycles. The van der Waals surface area contributed by atoms with E-state index in [1.165, 1.54) is 0 Å². The number of ketones is 1. The van der Waals surface area contributed by atoms with Crippen molar-refractivity contribution >= 4 is 17.4 Å². The predicted octanol–water partition coefficient (Wildman–Crippen LogP) is 2.70. The highest BCUT2D eigenvalue weighted by atomic mass is 16.5. The number of amides is 1. The average Bonchev–Trinajstić information content (AvgIpc) is 2.95. The number of ether oxygens (including phenoxy) is 1. The molecule has 0 aliphatic heterocycles. The van der Waals surface area contributed by atoms with Gasteiger partial charge in [-0.3, -0.25) is 9.59 Å². The summed E-state index contributed by atoms with van der Waals surface area (Å²) in [4.78, 5) is 23.7. The van der Waals surface area contributed by atoms with E-state index in [1.54, 1.807) is 42.5 Å². The first-order valence-electron chi connectivity index (χ1n) is 7.25. The Morgan fingerprint density at radius 1 is 1.22 bits per heavy atom. The zero-order valence-corrected chi connectivity index (χ0v) is 12.3. The number of hydrogen-bond acceptors (Lipinski definition) is 4. The van der Waals surface area contributed by atoms with Gasteiger partial charge in [0.15, 0.2) is 12.4 Å². The highest BCUT2D eigenvalue weighted by Gasteiger charge is 2.22. The molecule has 5 heteroatoms. The van der Waals surface area contributed by atoms with Crippen LogP contribution in [0.3, 0.4) is 0 Å². The van der Waals surface area contributed by atoms with Crippen LogP contribution in [0.25, 0.3) is 0 Å². The van der Waals surface area contributed by atoms with Gasteiger partial charge in [-0.05, 0) is 30.7 Å². The van der Waals surface area contributed by atoms with Crippen molar-refractivity contribution in [2.24, 2.45) is 0 Å². The summed E-state index contributed by atoms with van der Waals surface area (Å²) >= 11 is 0. The number of Topliss-reactive ketones (excluding diaryl/α,β-unsaturated/α-hetero) is 1. The first-order valence-corrected chi connectivity index (χ1v) is 7.25. The van der Waals surface area contributed by atoms with E-state index in [-0.39, 0.29) is 18.3 Å². The lowest BCUT2D eigenvalue weighted by Gasteiger charge is -2.10. The van der Waals surface area contributed by atoms with Crippen molar-refractivity contribution in [1.29, 1.82) is 5.26 Å². The maximum atomic E-state index is 12.0. The quantitative estimate of drug-likeness (QED) is 0.942. The van der Waals surface area contributed by atoms with Gasteiger partial charge in [0.1, 0.15) is 5.75 Å². The number of carbonyl (C=O) groups is 2. The lowest BCUT2D eigenvalue weighted by Crippen LogP contribution is -2.20. The third-order valence-corrected chi connectivity index (χ3v) is 3.67. The molecule has 0 radical (unpaired) electrons. The molecule has 114 valence electrons. The van der Waals surface area contributed by atoms with Crippen molar-refractivity contribution in [2.45, 2.75) is 12.8 Å². The molecule has 3 rings (SSSR count). The Labute approximate surface area is 133 Å². The highest BCUT2D eigenvalue weighted by Crippen LogP contribution is 2.30. The molecule has 1 amide bonds. The fourth-order valence-corrected chi connectivity index (χ4v) is 2.60. The Bertz CT molecular complexity index is 821. The third-order valence-electron chi connectivity index (χ3n) is 3.67. The molecule has 0 saturated heterocycles. The molecule has 0 saturated carbocycles. The molecule has 1 aliphatic rings. The molecular formula is C18H14N2O3. The van der Waals surface area contributed by atoms with Crippen LogP contribution in [0.2, 0.25) is 0 Å². The van der Waals surface area contributed by atoms with E-state index in [4.69, 9.17) is 10.00 Å². The van der Waals surface area contributed by atoms with E-state index >= 15 is 0 Å². The molecule has 0 heterocycles. The molecule has 0 unspecified atom stereocenters. The summed E-state index contributed by atoms with van der Waals surface area (Å²) < 4.78 is 5.56. The SMILES string of the molecule is N#Cc1cccc(NC(=O)COc2cccc3c2CCC3=O)c1. The van der Waals surface area contributed by atoms with E-state index in [0.29, 0.717) is 35.4 Å². The lowest BCUT2D eigenvalue weighted by molar-refractivity contribution is -0.118.